The van der Waals surface area contributed by atoms with Crippen LogP contribution in [0.15, 0.2) is 18.5 Å². The van der Waals surface area contributed by atoms with Gasteiger partial charge in [0.15, 0.2) is 0 Å². The number of nitrogens with one attached hydrogen (secondary N) is 1. The first-order valence-corrected chi connectivity index (χ1v) is 4.58. The van der Waals surface area contributed by atoms with Gasteiger partial charge in [-0.1, -0.05) is 6.92 Å². The van der Waals surface area contributed by atoms with E-state index < -0.39 is 4.92 Å². The Morgan fingerprint density at radius 3 is 3.07 bits per heavy atom. The molecule has 2 N–H and O–H groups in total. The zero-order valence-corrected chi connectivity index (χ0v) is 8.38. The summed E-state index contributed by atoms with van der Waals surface area (Å²) < 4.78 is 0. The van der Waals surface area contributed by atoms with Crippen molar-refractivity contribution in [3.63, 3.8) is 0 Å². The highest BCUT2D eigenvalue weighted by Crippen LogP contribution is 2.21. The number of anilines is 1. The minimum absolute atomic E-state index is 0.0475. The monoisotopic (exact) mass is 211 g/mol. The third-order valence-electron chi connectivity index (χ3n) is 1.95. The molecule has 0 aliphatic rings. The molecule has 0 saturated heterocycles. The highest BCUT2D eigenvalue weighted by Gasteiger charge is 2.13. The van der Waals surface area contributed by atoms with Gasteiger partial charge in [0, 0.05) is 19.3 Å². The predicted molar refractivity (Wildman–Crippen MR) is 55.6 cm³/mol. The van der Waals surface area contributed by atoms with Crippen molar-refractivity contribution in [2.45, 2.75) is 6.92 Å². The van der Waals surface area contributed by atoms with E-state index in [1.54, 1.807) is 6.07 Å². The Morgan fingerprint density at radius 1 is 1.73 bits per heavy atom. The Morgan fingerprint density at radius 2 is 2.47 bits per heavy atom. The van der Waals surface area contributed by atoms with Gasteiger partial charge in [0.1, 0.15) is 11.9 Å². The fraction of sp³-hybridized carbons (Fsp3) is 0.444. The quantitative estimate of drug-likeness (QED) is 0.561. The SMILES string of the molecule is CC(CO)CNc1ccncc1[N+](=O)[O-]. The summed E-state index contributed by atoms with van der Waals surface area (Å²) in [6, 6.07) is 1.54. The molecular formula is C9H13N3O3. The first-order chi connectivity index (χ1) is 7.15. The van der Waals surface area contributed by atoms with Crippen LogP contribution in [0.5, 0.6) is 0 Å². The van der Waals surface area contributed by atoms with E-state index in [-0.39, 0.29) is 18.2 Å². The third-order valence-corrected chi connectivity index (χ3v) is 1.95. The van der Waals surface area contributed by atoms with Gasteiger partial charge in [0.2, 0.25) is 0 Å². The van der Waals surface area contributed by atoms with Crippen molar-refractivity contribution in [1.82, 2.24) is 4.98 Å². The molecule has 0 radical (unpaired) electrons. The van der Waals surface area contributed by atoms with Gasteiger partial charge in [-0.25, -0.2) is 0 Å². The first kappa shape index (κ1) is 11.4. The number of aliphatic hydroxyl groups excluding tert-OH is 1. The third kappa shape index (κ3) is 3.17. The number of hydrogen-bond donors (Lipinski definition) is 2. The fourth-order valence-corrected chi connectivity index (χ4v) is 1.03. The standard InChI is InChI=1S/C9H13N3O3/c1-7(6-13)4-11-8-2-3-10-5-9(8)12(14)15/h2-3,5,7,13H,4,6H2,1H3,(H,10,11). The molecule has 0 spiro atoms. The largest absolute Gasteiger partial charge is 0.396 e. The van der Waals surface area contributed by atoms with E-state index in [9.17, 15) is 10.1 Å². The van der Waals surface area contributed by atoms with Crippen LogP contribution in [-0.2, 0) is 0 Å². The Kier molecular flexibility index (Phi) is 3.99. The molecular weight excluding hydrogens is 198 g/mol. The van der Waals surface area contributed by atoms with Crippen LogP contribution in [0, 0.1) is 16.0 Å². The van der Waals surface area contributed by atoms with Crippen LogP contribution in [0.2, 0.25) is 0 Å². The summed E-state index contributed by atoms with van der Waals surface area (Å²) in [5, 5.41) is 22.3. The Bertz CT molecular complexity index is 343. The molecule has 0 aromatic carbocycles. The van der Waals surface area contributed by atoms with E-state index in [0.717, 1.165) is 0 Å². The van der Waals surface area contributed by atoms with Crippen LogP contribution < -0.4 is 5.32 Å². The van der Waals surface area contributed by atoms with Crippen LogP contribution >= 0.6 is 0 Å². The van der Waals surface area contributed by atoms with Crippen LogP contribution in [0.1, 0.15) is 6.92 Å². The number of aliphatic hydroxyl groups is 1. The summed E-state index contributed by atoms with van der Waals surface area (Å²) in [6.45, 7) is 2.38. The predicted octanol–water partition coefficient (Wildman–Crippen LogP) is 1.03. The number of nitro groups is 1. The summed E-state index contributed by atoms with van der Waals surface area (Å²) in [7, 11) is 0. The van der Waals surface area contributed by atoms with Crippen molar-refractivity contribution in [3.05, 3.63) is 28.6 Å². The summed E-state index contributed by atoms with van der Waals surface area (Å²) in [6.07, 6.45) is 2.69. The van der Waals surface area contributed by atoms with E-state index in [0.29, 0.717) is 12.2 Å². The van der Waals surface area contributed by atoms with E-state index in [2.05, 4.69) is 10.3 Å². The zero-order valence-electron chi connectivity index (χ0n) is 8.38. The summed E-state index contributed by atoms with van der Waals surface area (Å²) in [4.78, 5) is 13.8. The van der Waals surface area contributed by atoms with E-state index >= 15 is 0 Å². The van der Waals surface area contributed by atoms with Crippen molar-refractivity contribution in [2.24, 2.45) is 5.92 Å². The van der Waals surface area contributed by atoms with Crippen molar-refractivity contribution >= 4 is 11.4 Å². The smallest absolute Gasteiger partial charge is 0.310 e. The molecule has 82 valence electrons. The molecule has 0 saturated carbocycles. The van der Waals surface area contributed by atoms with Crippen molar-refractivity contribution in [2.75, 3.05) is 18.5 Å². The maximum Gasteiger partial charge on any atom is 0.310 e. The Balaban J connectivity index is 2.72. The zero-order chi connectivity index (χ0) is 11.3. The second kappa shape index (κ2) is 5.26. The Labute approximate surface area is 87.1 Å². The van der Waals surface area contributed by atoms with Gasteiger partial charge < -0.3 is 10.4 Å². The topological polar surface area (TPSA) is 88.3 Å². The molecule has 1 heterocycles. The summed E-state index contributed by atoms with van der Waals surface area (Å²) in [5.74, 6) is 0.0535. The maximum atomic E-state index is 10.6. The molecule has 1 aromatic heterocycles. The van der Waals surface area contributed by atoms with E-state index in [1.165, 1.54) is 12.4 Å². The van der Waals surface area contributed by atoms with E-state index in [1.807, 2.05) is 6.92 Å². The number of aromatic nitrogens is 1. The van der Waals surface area contributed by atoms with Gasteiger partial charge >= 0.3 is 5.69 Å². The normalized spacial score (nSPS) is 12.1. The number of rotatable bonds is 5. The fourth-order valence-electron chi connectivity index (χ4n) is 1.03. The highest BCUT2D eigenvalue weighted by molar-refractivity contribution is 5.59. The van der Waals surface area contributed by atoms with Crippen LogP contribution in [-0.4, -0.2) is 28.2 Å². The van der Waals surface area contributed by atoms with Gasteiger partial charge in [-0.15, -0.1) is 0 Å². The molecule has 6 heteroatoms. The Hall–Kier alpha value is -1.69. The molecule has 0 bridgehead atoms. The minimum atomic E-state index is -0.487. The van der Waals surface area contributed by atoms with Gasteiger partial charge in [0.25, 0.3) is 0 Å². The lowest BCUT2D eigenvalue weighted by Crippen LogP contribution is -2.15. The van der Waals surface area contributed by atoms with Gasteiger partial charge in [-0.05, 0) is 12.0 Å². The molecule has 0 amide bonds. The van der Waals surface area contributed by atoms with Crippen LogP contribution in [0.3, 0.4) is 0 Å². The molecule has 6 nitrogen and oxygen atoms in total. The maximum absolute atomic E-state index is 10.6. The lowest BCUT2D eigenvalue weighted by atomic mass is 10.2. The van der Waals surface area contributed by atoms with Crippen LogP contribution in [0.25, 0.3) is 0 Å². The average molecular weight is 211 g/mol. The lowest BCUT2D eigenvalue weighted by molar-refractivity contribution is -0.384. The molecule has 0 aliphatic carbocycles. The van der Waals surface area contributed by atoms with Crippen molar-refractivity contribution in [1.29, 1.82) is 0 Å². The molecule has 1 aromatic rings. The van der Waals surface area contributed by atoms with E-state index in [4.69, 9.17) is 5.11 Å². The van der Waals surface area contributed by atoms with Crippen LogP contribution in [0.4, 0.5) is 11.4 Å². The van der Waals surface area contributed by atoms with Gasteiger partial charge in [-0.2, -0.15) is 0 Å². The lowest BCUT2D eigenvalue weighted by Gasteiger charge is -2.10. The second-order valence-electron chi connectivity index (χ2n) is 3.32. The highest BCUT2D eigenvalue weighted by atomic mass is 16.6. The second-order valence-corrected chi connectivity index (χ2v) is 3.32. The average Bonchev–Trinajstić information content (AvgIpc) is 2.26. The molecule has 15 heavy (non-hydrogen) atoms. The van der Waals surface area contributed by atoms with Crippen molar-refractivity contribution in [3.8, 4) is 0 Å². The van der Waals surface area contributed by atoms with Gasteiger partial charge in [0.05, 0.1) is 4.92 Å². The molecule has 0 fully saturated rings. The number of nitrogens with zero attached hydrogens (tertiary/aromatic N) is 2. The van der Waals surface area contributed by atoms with Crippen molar-refractivity contribution < 1.29 is 10.0 Å². The molecule has 1 rings (SSSR count). The number of hydrogen-bond acceptors (Lipinski definition) is 5. The molecule has 1 unspecified atom stereocenters. The first-order valence-electron chi connectivity index (χ1n) is 4.58. The molecule has 1 atom stereocenters. The summed E-state index contributed by atoms with van der Waals surface area (Å²) >= 11 is 0. The summed E-state index contributed by atoms with van der Waals surface area (Å²) in [5.41, 5.74) is 0.373. The minimum Gasteiger partial charge on any atom is -0.396 e. The number of pyridine rings is 1. The van der Waals surface area contributed by atoms with Gasteiger partial charge in [-0.3, -0.25) is 15.1 Å². The molecule has 0 aliphatic heterocycles.